The van der Waals surface area contributed by atoms with Gasteiger partial charge in [0.2, 0.25) is 0 Å². The summed E-state index contributed by atoms with van der Waals surface area (Å²) >= 11 is 11.7. The Bertz CT molecular complexity index is 405. The van der Waals surface area contributed by atoms with Crippen LogP contribution in [-0.2, 0) is 6.42 Å². The van der Waals surface area contributed by atoms with Gasteiger partial charge in [0, 0.05) is 5.69 Å². The van der Waals surface area contributed by atoms with Gasteiger partial charge in [-0.25, -0.2) is 0 Å². The van der Waals surface area contributed by atoms with Crippen molar-refractivity contribution < 1.29 is 4.79 Å². The maximum atomic E-state index is 11.2. The number of hydrogen-bond donors (Lipinski definition) is 2. The van der Waals surface area contributed by atoms with Gasteiger partial charge in [0.15, 0.2) is 0 Å². The quantitative estimate of drug-likeness (QED) is 0.806. The molecule has 0 aliphatic heterocycles. The number of nitrogens with two attached hydrogens (primary N) is 2. The van der Waals surface area contributed by atoms with E-state index in [0.717, 1.165) is 6.42 Å². The van der Waals surface area contributed by atoms with E-state index >= 15 is 0 Å². The first-order chi connectivity index (χ1) is 6.99. The van der Waals surface area contributed by atoms with E-state index in [-0.39, 0.29) is 15.6 Å². The topological polar surface area (TPSA) is 69.1 Å². The average molecular weight is 247 g/mol. The van der Waals surface area contributed by atoms with E-state index < -0.39 is 5.91 Å². The minimum Gasteiger partial charge on any atom is -0.398 e. The number of nitrogen functional groups attached to an aromatic ring is 1. The van der Waals surface area contributed by atoms with Gasteiger partial charge in [-0.2, -0.15) is 0 Å². The van der Waals surface area contributed by atoms with Crippen LogP contribution in [0.1, 0.15) is 29.3 Å². The standard InChI is InChI=1S/C10H12Cl2N2O/c1-2-3-5-7(13)4-6(11)9(12)8(5)10(14)15/h4H,2-3,13H2,1H3,(H2,14,15). The third kappa shape index (κ3) is 2.36. The molecule has 3 nitrogen and oxygen atoms in total. The summed E-state index contributed by atoms with van der Waals surface area (Å²) < 4.78 is 0. The first-order valence-corrected chi connectivity index (χ1v) is 5.30. The van der Waals surface area contributed by atoms with Crippen LogP contribution in [0.25, 0.3) is 0 Å². The van der Waals surface area contributed by atoms with Crippen molar-refractivity contribution in [2.24, 2.45) is 5.73 Å². The number of carbonyl (C=O) groups is 1. The van der Waals surface area contributed by atoms with Crippen LogP contribution in [0.3, 0.4) is 0 Å². The van der Waals surface area contributed by atoms with Crippen LogP contribution >= 0.6 is 23.2 Å². The van der Waals surface area contributed by atoms with Crippen LogP contribution in [0.4, 0.5) is 5.69 Å². The maximum absolute atomic E-state index is 11.2. The Morgan fingerprint density at radius 1 is 1.47 bits per heavy atom. The summed E-state index contributed by atoms with van der Waals surface area (Å²) in [6.07, 6.45) is 1.50. The van der Waals surface area contributed by atoms with Crippen LogP contribution in [0.2, 0.25) is 10.0 Å². The van der Waals surface area contributed by atoms with Crippen molar-refractivity contribution in [3.05, 3.63) is 27.2 Å². The highest BCUT2D eigenvalue weighted by Crippen LogP contribution is 2.33. The molecule has 5 heteroatoms. The Labute approximate surface area is 98.3 Å². The molecule has 0 heterocycles. The number of benzene rings is 1. The lowest BCUT2D eigenvalue weighted by Gasteiger charge is -2.12. The first-order valence-electron chi connectivity index (χ1n) is 4.55. The Balaban J connectivity index is 3.47. The fourth-order valence-corrected chi connectivity index (χ4v) is 1.93. The fourth-order valence-electron chi connectivity index (χ4n) is 1.46. The highest BCUT2D eigenvalue weighted by atomic mass is 35.5. The zero-order valence-electron chi connectivity index (χ0n) is 8.31. The van der Waals surface area contributed by atoms with Crippen molar-refractivity contribution >= 4 is 34.8 Å². The van der Waals surface area contributed by atoms with E-state index in [1.54, 1.807) is 6.07 Å². The Hall–Kier alpha value is -0.930. The molecule has 82 valence electrons. The number of rotatable bonds is 3. The van der Waals surface area contributed by atoms with Crippen molar-refractivity contribution in [3.8, 4) is 0 Å². The molecule has 0 aliphatic carbocycles. The number of halogens is 2. The predicted octanol–water partition coefficient (Wildman–Crippen LogP) is 2.63. The Kier molecular flexibility index (Phi) is 3.83. The number of anilines is 1. The lowest BCUT2D eigenvalue weighted by Crippen LogP contribution is -2.16. The normalized spacial score (nSPS) is 10.3. The van der Waals surface area contributed by atoms with Crippen molar-refractivity contribution in [3.63, 3.8) is 0 Å². The van der Waals surface area contributed by atoms with Gasteiger partial charge in [-0.15, -0.1) is 0 Å². The van der Waals surface area contributed by atoms with E-state index in [1.165, 1.54) is 0 Å². The van der Waals surface area contributed by atoms with Crippen LogP contribution in [0.15, 0.2) is 6.07 Å². The minimum atomic E-state index is -0.599. The van der Waals surface area contributed by atoms with E-state index in [0.29, 0.717) is 17.7 Å². The van der Waals surface area contributed by atoms with Gasteiger partial charge in [0.25, 0.3) is 5.91 Å². The van der Waals surface area contributed by atoms with E-state index in [9.17, 15) is 4.79 Å². The molecule has 0 saturated heterocycles. The summed E-state index contributed by atoms with van der Waals surface area (Å²) in [6.45, 7) is 1.98. The molecule has 0 atom stereocenters. The van der Waals surface area contributed by atoms with E-state index in [2.05, 4.69) is 0 Å². The number of primary amides is 1. The smallest absolute Gasteiger partial charge is 0.250 e. The molecule has 0 spiro atoms. The lowest BCUT2D eigenvalue weighted by atomic mass is 10.0. The molecule has 0 radical (unpaired) electrons. The van der Waals surface area contributed by atoms with Crippen LogP contribution < -0.4 is 11.5 Å². The Morgan fingerprint density at radius 2 is 2.07 bits per heavy atom. The minimum absolute atomic E-state index is 0.182. The molecule has 4 N–H and O–H groups in total. The molecule has 0 fully saturated rings. The summed E-state index contributed by atoms with van der Waals surface area (Å²) in [4.78, 5) is 11.2. The van der Waals surface area contributed by atoms with Crippen LogP contribution in [0, 0.1) is 0 Å². The van der Waals surface area contributed by atoms with Crippen molar-refractivity contribution in [2.45, 2.75) is 19.8 Å². The monoisotopic (exact) mass is 246 g/mol. The molecule has 0 aliphatic rings. The third-order valence-corrected chi connectivity index (χ3v) is 2.90. The number of hydrogen-bond acceptors (Lipinski definition) is 2. The first kappa shape index (κ1) is 12.1. The zero-order valence-corrected chi connectivity index (χ0v) is 9.82. The largest absolute Gasteiger partial charge is 0.398 e. The average Bonchev–Trinajstić information content (AvgIpc) is 2.14. The fraction of sp³-hybridized carbons (Fsp3) is 0.300. The summed E-state index contributed by atoms with van der Waals surface area (Å²) in [5, 5.41) is 0.435. The lowest BCUT2D eigenvalue weighted by molar-refractivity contribution is 0.0999. The molecule has 1 aromatic rings. The van der Waals surface area contributed by atoms with Crippen molar-refractivity contribution in [1.29, 1.82) is 0 Å². The van der Waals surface area contributed by atoms with Gasteiger partial charge >= 0.3 is 0 Å². The molecular formula is C10H12Cl2N2O. The molecule has 0 aromatic heterocycles. The number of carbonyl (C=O) groups excluding carboxylic acids is 1. The second-order valence-electron chi connectivity index (χ2n) is 3.23. The Morgan fingerprint density at radius 3 is 2.53 bits per heavy atom. The summed E-state index contributed by atoms with van der Waals surface area (Å²) in [7, 11) is 0. The van der Waals surface area contributed by atoms with Crippen molar-refractivity contribution in [2.75, 3.05) is 5.73 Å². The van der Waals surface area contributed by atoms with Gasteiger partial charge in [-0.05, 0) is 18.1 Å². The molecule has 0 bridgehead atoms. The van der Waals surface area contributed by atoms with Gasteiger partial charge in [-0.3, -0.25) is 4.79 Å². The molecule has 15 heavy (non-hydrogen) atoms. The zero-order chi connectivity index (χ0) is 11.6. The third-order valence-electron chi connectivity index (χ3n) is 2.11. The van der Waals surface area contributed by atoms with Gasteiger partial charge in [0.1, 0.15) is 0 Å². The molecule has 0 saturated carbocycles. The molecule has 1 amide bonds. The van der Waals surface area contributed by atoms with Crippen LogP contribution in [-0.4, -0.2) is 5.91 Å². The predicted molar refractivity (Wildman–Crippen MR) is 63.4 cm³/mol. The second kappa shape index (κ2) is 4.73. The highest BCUT2D eigenvalue weighted by Gasteiger charge is 2.18. The maximum Gasteiger partial charge on any atom is 0.250 e. The van der Waals surface area contributed by atoms with Gasteiger partial charge in [-0.1, -0.05) is 36.5 Å². The van der Waals surface area contributed by atoms with Gasteiger partial charge in [0.05, 0.1) is 15.6 Å². The summed E-state index contributed by atoms with van der Waals surface area (Å²) in [5.41, 5.74) is 12.4. The molecular weight excluding hydrogens is 235 g/mol. The summed E-state index contributed by atoms with van der Waals surface area (Å²) in [5.74, 6) is -0.599. The summed E-state index contributed by atoms with van der Waals surface area (Å²) in [6, 6.07) is 1.54. The van der Waals surface area contributed by atoms with E-state index in [1.807, 2.05) is 6.92 Å². The SMILES string of the molecule is CCCc1c(N)cc(Cl)c(Cl)c1C(N)=O. The molecule has 1 aromatic carbocycles. The molecule has 0 unspecified atom stereocenters. The highest BCUT2D eigenvalue weighted by molar-refractivity contribution is 6.44. The number of amides is 1. The van der Waals surface area contributed by atoms with Gasteiger partial charge < -0.3 is 11.5 Å². The second-order valence-corrected chi connectivity index (χ2v) is 4.01. The van der Waals surface area contributed by atoms with Crippen LogP contribution in [0.5, 0.6) is 0 Å². The van der Waals surface area contributed by atoms with Crippen molar-refractivity contribution in [1.82, 2.24) is 0 Å². The van der Waals surface area contributed by atoms with E-state index in [4.69, 9.17) is 34.7 Å². The molecule has 1 rings (SSSR count).